The molecule has 0 spiro atoms. The van der Waals surface area contributed by atoms with Gasteiger partial charge in [0.1, 0.15) is 140 Å². The third-order valence-corrected chi connectivity index (χ3v) is 14.6. The lowest BCUT2D eigenvalue weighted by atomic mass is 9.94. The van der Waals surface area contributed by atoms with Gasteiger partial charge in [0.05, 0.1) is 25.4 Å². The molecule has 7 heterocycles. The van der Waals surface area contributed by atoms with Crippen LogP contribution in [0.25, 0.3) is 0 Å². The zero-order chi connectivity index (χ0) is 59.3. The van der Waals surface area contributed by atoms with Gasteiger partial charge in [-0.15, -0.1) is 0 Å². The summed E-state index contributed by atoms with van der Waals surface area (Å²) in [5.41, 5.74) is 0. The van der Waals surface area contributed by atoms with Gasteiger partial charge in [-0.1, -0.05) is 0 Å². The first-order valence-electron chi connectivity index (χ1n) is 24.7. The van der Waals surface area contributed by atoms with E-state index in [0.29, 0.717) is 0 Å². The van der Waals surface area contributed by atoms with E-state index >= 15 is 0 Å². The molecule has 0 bridgehead atoms. The molecule has 37 heteroatoms. The molecule has 1 unspecified atom stereocenters. The number of ether oxygens (including phenoxy) is 14. The molecule has 0 amide bonds. The number of aliphatic hydroxyl groups excluding tert-OH is 17. The number of aliphatic hydroxyl groups is 17. The van der Waals surface area contributed by atoms with Gasteiger partial charge < -0.3 is 168 Å². The van der Waals surface area contributed by atoms with Gasteiger partial charge >= 0.3 is 17.9 Å². The standard InChI is InChI=1S/C43H68O37/c1-6-10(46)15(51)30(37(66)68-6)77-40-21(57)18(54)28(32(78-40)36(64)65)75-43-33(80-41-22(58)17(53)27(31(79-41)35(62)63)74-39-20(56)14(50)16(52)29(76-39)34(60)61)26(11(47)7(2)69-43)73-42-23(59)25(67-3)24(9(5-45)71-42)72-38-19(55)13(49)12(48)8(4-44)70-38/h6-33,37-59,66H,4-5H2,1-3H3,(H,60,61)(H,62,63)(H,64,65)/t6-,7-,8+,9+,10-,11-,12-,13-,14-,15+,16+,17+,18+,19+,20+,21+,22+,23+,24-,25+,26+,27+,28+,29-,30+,31-,32-,33+,37?,38+,39-,40-,41+,42+,43-/m0/s1. The van der Waals surface area contributed by atoms with Crippen molar-refractivity contribution in [1.82, 2.24) is 0 Å². The van der Waals surface area contributed by atoms with Crippen LogP contribution in [0.3, 0.4) is 0 Å². The maximum atomic E-state index is 12.9. The second-order valence-corrected chi connectivity index (χ2v) is 19.9. The molecule has 7 fully saturated rings. The van der Waals surface area contributed by atoms with Crippen molar-refractivity contribution in [2.75, 3.05) is 20.3 Å². The number of aliphatic carboxylic acids is 3. The Balaban J connectivity index is 1.20. The minimum absolute atomic E-state index is 0.892. The van der Waals surface area contributed by atoms with Gasteiger partial charge in [0, 0.05) is 7.11 Å². The predicted molar refractivity (Wildman–Crippen MR) is 235 cm³/mol. The molecule has 7 aliphatic heterocycles. The van der Waals surface area contributed by atoms with Gasteiger partial charge in [-0.25, -0.2) is 14.4 Å². The Morgan fingerprint density at radius 2 is 0.700 bits per heavy atom. The summed E-state index contributed by atoms with van der Waals surface area (Å²) in [5.74, 6) is -5.93. The topological polar surface area (TPSA) is 585 Å². The minimum atomic E-state index is -2.58. The number of carbonyl (C=O) groups is 3. The van der Waals surface area contributed by atoms with E-state index in [2.05, 4.69) is 0 Å². The van der Waals surface area contributed by atoms with Gasteiger partial charge in [0.2, 0.25) is 0 Å². The number of hydrogen-bond donors (Lipinski definition) is 20. The molecule has 37 nitrogen and oxygen atoms in total. The second-order valence-electron chi connectivity index (χ2n) is 19.9. The molecule has 462 valence electrons. The van der Waals surface area contributed by atoms with Gasteiger partial charge in [-0.3, -0.25) is 0 Å². The third kappa shape index (κ3) is 12.9. The average molecular weight is 1180 g/mol. The normalized spacial score (nSPS) is 52.3. The lowest BCUT2D eigenvalue weighted by molar-refractivity contribution is -0.411. The van der Waals surface area contributed by atoms with Crippen LogP contribution in [-0.4, -0.2) is 355 Å². The summed E-state index contributed by atoms with van der Waals surface area (Å²) in [6.45, 7) is 0.461. The van der Waals surface area contributed by atoms with E-state index in [9.17, 15) is 117 Å². The van der Waals surface area contributed by atoms with Crippen molar-refractivity contribution in [2.45, 2.75) is 229 Å². The SMILES string of the molecule is CO[C@@H]1[C@@H](O)[C@@H](O[C@@H]2[C@@H](O)[C@H](C)O[C@@H](O[C@@H]3[C@H](O)[C@@H](O)[C@@H](O[C@H]4C(O)O[C@@H](C)[C@H](O)[C@H]4O)O[C@@H]3C(=O)O)[C@@H]2O[C@H]2O[C@H](C(=O)O)[C@H](O[C@H]3O[C@H](C(=O)O)[C@H](O)[C@H](O)[C@H]3O)[C@H](O)[C@H]2O)O[C@H](CO)[C@@H]1O[C@H]1O[C@H](CO)[C@H](O)[C@H](O)[C@H]1O. The Morgan fingerprint density at radius 3 is 1.20 bits per heavy atom. The Morgan fingerprint density at radius 1 is 0.325 bits per heavy atom. The maximum absolute atomic E-state index is 12.9. The lowest BCUT2D eigenvalue weighted by Crippen LogP contribution is -2.69. The summed E-state index contributed by atoms with van der Waals surface area (Å²) in [6, 6.07) is 0. The minimum Gasteiger partial charge on any atom is -0.479 e. The quantitative estimate of drug-likeness (QED) is 0.0606. The molecule has 20 N–H and O–H groups in total. The molecule has 7 saturated heterocycles. The summed E-state index contributed by atoms with van der Waals surface area (Å²) in [7, 11) is 1.01. The number of rotatable bonds is 18. The van der Waals surface area contributed by atoms with Crippen LogP contribution in [0.2, 0.25) is 0 Å². The zero-order valence-electron chi connectivity index (χ0n) is 42.0. The van der Waals surface area contributed by atoms with Gasteiger partial charge in [0.25, 0.3) is 0 Å². The van der Waals surface area contributed by atoms with E-state index < -0.39 is 246 Å². The van der Waals surface area contributed by atoms with Crippen molar-refractivity contribution in [3.05, 3.63) is 0 Å². The van der Waals surface area contributed by atoms with Crippen LogP contribution in [0.1, 0.15) is 13.8 Å². The van der Waals surface area contributed by atoms with Crippen molar-refractivity contribution < 1.29 is 183 Å². The third-order valence-electron chi connectivity index (χ3n) is 14.6. The summed E-state index contributed by atoms with van der Waals surface area (Å²) < 4.78 is 78.2. The fraction of sp³-hybridized carbons (Fsp3) is 0.930. The van der Waals surface area contributed by atoms with Crippen molar-refractivity contribution >= 4 is 17.9 Å². The number of carboxylic acid groups (broad SMARTS) is 3. The largest absolute Gasteiger partial charge is 0.479 e. The van der Waals surface area contributed by atoms with Crippen molar-refractivity contribution in [1.29, 1.82) is 0 Å². The van der Waals surface area contributed by atoms with Crippen LogP contribution in [-0.2, 0) is 80.7 Å². The van der Waals surface area contributed by atoms with E-state index in [1.807, 2.05) is 0 Å². The Kier molecular flexibility index (Phi) is 21.5. The van der Waals surface area contributed by atoms with Crippen LogP contribution < -0.4 is 0 Å². The van der Waals surface area contributed by atoms with Gasteiger partial charge in [-0.2, -0.15) is 0 Å². The van der Waals surface area contributed by atoms with Crippen LogP contribution >= 0.6 is 0 Å². The Hall–Kier alpha value is -2.83. The molecule has 0 aliphatic carbocycles. The van der Waals surface area contributed by atoms with Crippen LogP contribution in [0.4, 0.5) is 0 Å². The number of methoxy groups -OCH3 is 1. The van der Waals surface area contributed by atoms with Crippen LogP contribution in [0.15, 0.2) is 0 Å². The van der Waals surface area contributed by atoms with Crippen molar-refractivity contribution in [3.63, 3.8) is 0 Å². The number of carboxylic acids is 3. The fourth-order valence-corrected chi connectivity index (χ4v) is 10.0. The summed E-state index contributed by atoms with van der Waals surface area (Å²) >= 11 is 0. The molecule has 0 aromatic heterocycles. The highest BCUT2D eigenvalue weighted by atomic mass is 16.8. The summed E-state index contributed by atoms with van der Waals surface area (Å²) in [6.07, 6.45) is -74.5. The molecular weight excluding hydrogens is 1110 g/mol. The van der Waals surface area contributed by atoms with Crippen molar-refractivity contribution in [3.8, 4) is 0 Å². The highest BCUT2D eigenvalue weighted by molar-refractivity contribution is 5.74. The summed E-state index contributed by atoms with van der Waals surface area (Å²) in [5, 5.41) is 214. The lowest BCUT2D eigenvalue weighted by Gasteiger charge is -2.51. The van der Waals surface area contributed by atoms with Crippen LogP contribution in [0, 0.1) is 0 Å². The van der Waals surface area contributed by atoms with E-state index in [1.54, 1.807) is 0 Å². The molecule has 0 aromatic rings. The Bertz CT molecular complexity index is 2040. The first-order chi connectivity index (χ1) is 37.6. The molecule has 80 heavy (non-hydrogen) atoms. The van der Waals surface area contributed by atoms with E-state index in [1.165, 1.54) is 6.92 Å². The predicted octanol–water partition coefficient (Wildman–Crippen LogP) is -13.3. The van der Waals surface area contributed by atoms with Gasteiger partial charge in [0.15, 0.2) is 62.3 Å². The maximum Gasteiger partial charge on any atom is 0.335 e. The monoisotopic (exact) mass is 1180 g/mol. The van der Waals surface area contributed by atoms with Gasteiger partial charge in [-0.05, 0) is 13.8 Å². The highest BCUT2D eigenvalue weighted by Crippen LogP contribution is 2.39. The smallest absolute Gasteiger partial charge is 0.335 e. The van der Waals surface area contributed by atoms with E-state index in [4.69, 9.17) is 66.3 Å². The van der Waals surface area contributed by atoms with Crippen LogP contribution in [0.5, 0.6) is 0 Å². The molecule has 0 radical (unpaired) electrons. The molecule has 35 atom stereocenters. The average Bonchev–Trinajstić information content (AvgIpc) is 3.56. The highest BCUT2D eigenvalue weighted by Gasteiger charge is 2.61. The summed E-state index contributed by atoms with van der Waals surface area (Å²) in [4.78, 5) is 37.5. The van der Waals surface area contributed by atoms with E-state index in [0.717, 1.165) is 14.0 Å². The Labute approximate surface area is 449 Å². The van der Waals surface area contributed by atoms with Crippen molar-refractivity contribution in [2.24, 2.45) is 0 Å². The molecule has 0 saturated carbocycles. The van der Waals surface area contributed by atoms with E-state index in [-0.39, 0.29) is 0 Å². The molecule has 7 rings (SSSR count). The number of hydrogen-bond acceptors (Lipinski definition) is 34. The molecule has 0 aromatic carbocycles. The molecule has 7 aliphatic rings. The first-order valence-corrected chi connectivity index (χ1v) is 24.7. The molecular formula is C43H68O37. The second kappa shape index (κ2) is 26.6. The fourth-order valence-electron chi connectivity index (χ4n) is 10.0. The first kappa shape index (κ1) is 64.7. The zero-order valence-corrected chi connectivity index (χ0v) is 42.0.